The largest absolute Gasteiger partial charge is 0.331 e. The van der Waals surface area contributed by atoms with E-state index in [1.54, 1.807) is 11.3 Å². The summed E-state index contributed by atoms with van der Waals surface area (Å²) in [4.78, 5) is 3.30. The third-order valence-corrected chi connectivity index (χ3v) is 4.93. The number of hydrogen-bond acceptors (Lipinski definition) is 2. The molecule has 2 nitrogen and oxygen atoms in total. The summed E-state index contributed by atoms with van der Waals surface area (Å²) in [6.07, 6.45) is 1.01. The number of aromatic nitrogens is 2. The molecule has 0 aliphatic rings. The zero-order valence-corrected chi connectivity index (χ0v) is 14.2. The van der Waals surface area contributed by atoms with Crippen molar-refractivity contribution in [3.63, 3.8) is 0 Å². The first kappa shape index (κ1) is 13.3. The van der Waals surface area contributed by atoms with E-state index in [0.717, 1.165) is 16.7 Å². The van der Waals surface area contributed by atoms with Crippen LogP contribution in [0.4, 0.5) is 0 Å². The fourth-order valence-corrected chi connectivity index (χ4v) is 3.94. The van der Waals surface area contributed by atoms with Crippen LogP contribution in [0.15, 0.2) is 35.0 Å². The lowest BCUT2D eigenvalue weighted by Crippen LogP contribution is -2.07. The van der Waals surface area contributed by atoms with Crippen molar-refractivity contribution in [3.8, 4) is 0 Å². The summed E-state index contributed by atoms with van der Waals surface area (Å²) in [7, 11) is 0. The molecule has 0 bridgehead atoms. The monoisotopic (exact) mass is 400 g/mol. The molecule has 0 radical (unpaired) electrons. The normalized spacial score (nSPS) is 12.9. The van der Waals surface area contributed by atoms with E-state index in [2.05, 4.69) is 74.1 Å². The number of rotatable bonds is 3. The molecule has 2 aromatic heterocycles. The van der Waals surface area contributed by atoms with Crippen LogP contribution in [0.1, 0.15) is 18.5 Å². The van der Waals surface area contributed by atoms with E-state index in [9.17, 15) is 0 Å². The maximum Gasteiger partial charge on any atom is 0.178 e. The summed E-state index contributed by atoms with van der Waals surface area (Å²) in [6.45, 7) is 2.22. The Bertz CT molecular complexity index is 755. The third kappa shape index (κ3) is 2.64. The summed E-state index contributed by atoms with van der Waals surface area (Å²) < 4.78 is 4.25. The highest BCUT2D eigenvalue weighted by Gasteiger charge is 2.12. The van der Waals surface area contributed by atoms with Crippen LogP contribution in [-0.4, -0.2) is 9.55 Å². The second-order valence-corrected chi connectivity index (χ2v) is 7.06. The smallest absolute Gasteiger partial charge is 0.178 e. The molecular weight excluding hydrogens is 387 g/mol. The number of benzene rings is 1. The van der Waals surface area contributed by atoms with Gasteiger partial charge in [-0.3, -0.25) is 0 Å². The highest BCUT2D eigenvalue weighted by molar-refractivity contribution is 14.1. The van der Waals surface area contributed by atoms with Crippen LogP contribution in [0.5, 0.6) is 0 Å². The second-order valence-electron chi connectivity index (χ2n) is 4.65. The Labute approximate surface area is 134 Å². The van der Waals surface area contributed by atoms with Crippen molar-refractivity contribution < 1.29 is 0 Å². The highest BCUT2D eigenvalue weighted by atomic mass is 127. The average Bonchev–Trinajstić information content (AvgIpc) is 2.95. The quantitative estimate of drug-likeness (QED) is 0.475. The van der Waals surface area contributed by atoms with Gasteiger partial charge in [-0.15, -0.1) is 0 Å². The Morgan fingerprint density at radius 2 is 2.26 bits per heavy atom. The van der Waals surface area contributed by atoms with Crippen molar-refractivity contribution in [1.29, 1.82) is 0 Å². The van der Waals surface area contributed by atoms with E-state index in [1.807, 2.05) is 0 Å². The van der Waals surface area contributed by atoms with Gasteiger partial charge in [0, 0.05) is 9.61 Å². The van der Waals surface area contributed by atoms with Gasteiger partial charge in [-0.1, -0.05) is 0 Å². The molecule has 2 heterocycles. The van der Waals surface area contributed by atoms with Gasteiger partial charge in [0.2, 0.25) is 0 Å². The lowest BCUT2D eigenvalue weighted by molar-refractivity contribution is 0.554. The van der Waals surface area contributed by atoms with E-state index < -0.39 is 0 Å². The summed E-state index contributed by atoms with van der Waals surface area (Å²) >= 11 is 9.54. The molecule has 1 unspecified atom stereocenters. The zero-order valence-electron chi connectivity index (χ0n) is 10.4. The van der Waals surface area contributed by atoms with Crippen LogP contribution in [0.2, 0.25) is 0 Å². The number of nitrogens with one attached hydrogen (secondary N) is 1. The van der Waals surface area contributed by atoms with Crippen molar-refractivity contribution in [3.05, 3.63) is 48.9 Å². The Hall–Kier alpha value is -0.660. The van der Waals surface area contributed by atoms with Crippen LogP contribution >= 0.6 is 46.1 Å². The second kappa shape index (κ2) is 5.38. The Kier molecular flexibility index (Phi) is 3.77. The van der Waals surface area contributed by atoms with Gasteiger partial charge >= 0.3 is 0 Å². The van der Waals surface area contributed by atoms with Gasteiger partial charge in [-0.2, -0.15) is 11.3 Å². The number of thiophene rings is 1. The van der Waals surface area contributed by atoms with Crippen molar-refractivity contribution in [2.45, 2.75) is 19.4 Å². The summed E-state index contributed by atoms with van der Waals surface area (Å²) in [6, 6.07) is 8.95. The van der Waals surface area contributed by atoms with Crippen molar-refractivity contribution in [2.75, 3.05) is 0 Å². The molecule has 0 aliphatic carbocycles. The third-order valence-electron chi connectivity index (χ3n) is 3.23. The first-order valence-electron chi connectivity index (χ1n) is 6.06. The molecule has 3 rings (SSSR count). The Morgan fingerprint density at radius 1 is 1.42 bits per heavy atom. The van der Waals surface area contributed by atoms with Crippen LogP contribution in [0.25, 0.3) is 11.0 Å². The number of imidazole rings is 1. The van der Waals surface area contributed by atoms with E-state index >= 15 is 0 Å². The van der Waals surface area contributed by atoms with Crippen molar-refractivity contribution in [1.82, 2.24) is 9.55 Å². The van der Waals surface area contributed by atoms with Gasteiger partial charge in [0.1, 0.15) is 0 Å². The maximum absolute atomic E-state index is 5.48. The van der Waals surface area contributed by atoms with Gasteiger partial charge < -0.3 is 9.55 Å². The average molecular weight is 400 g/mol. The Morgan fingerprint density at radius 3 is 3.00 bits per heavy atom. The minimum absolute atomic E-state index is 0.357. The standard InChI is InChI=1S/C14H13IN2S2/c1-9(6-10-4-5-19-8-10)17-13-3-2-11(15)7-12(13)16-14(17)18/h2-5,7-9H,6H2,1H3,(H,16,18). The molecule has 0 spiro atoms. The molecule has 5 heteroatoms. The van der Waals surface area contributed by atoms with Crippen LogP contribution in [-0.2, 0) is 6.42 Å². The predicted octanol–water partition coefficient (Wildman–Crippen LogP) is 5.17. The predicted molar refractivity (Wildman–Crippen MR) is 92.6 cm³/mol. The number of halogens is 1. The molecule has 1 atom stereocenters. The van der Waals surface area contributed by atoms with E-state index in [-0.39, 0.29) is 0 Å². The first-order valence-corrected chi connectivity index (χ1v) is 8.49. The molecule has 0 fully saturated rings. The molecule has 1 N–H and O–H groups in total. The highest BCUT2D eigenvalue weighted by Crippen LogP contribution is 2.24. The van der Waals surface area contributed by atoms with Crippen LogP contribution < -0.4 is 0 Å². The van der Waals surface area contributed by atoms with Gasteiger partial charge in [0.25, 0.3) is 0 Å². The van der Waals surface area contributed by atoms with Gasteiger partial charge in [-0.25, -0.2) is 0 Å². The molecule has 0 amide bonds. The molecule has 0 saturated heterocycles. The van der Waals surface area contributed by atoms with E-state index in [0.29, 0.717) is 6.04 Å². The summed E-state index contributed by atoms with van der Waals surface area (Å²) in [5.74, 6) is 0. The molecular formula is C14H13IN2S2. The number of fused-ring (bicyclic) bond motifs is 1. The summed E-state index contributed by atoms with van der Waals surface area (Å²) in [5, 5.41) is 4.33. The van der Waals surface area contributed by atoms with E-state index in [4.69, 9.17) is 12.2 Å². The number of aromatic amines is 1. The fraction of sp³-hybridized carbons (Fsp3) is 0.214. The van der Waals surface area contributed by atoms with Crippen LogP contribution in [0, 0.1) is 8.34 Å². The van der Waals surface area contributed by atoms with Crippen LogP contribution in [0.3, 0.4) is 0 Å². The maximum atomic E-state index is 5.48. The first-order chi connectivity index (χ1) is 9.15. The number of nitrogens with zero attached hydrogens (tertiary/aromatic N) is 1. The fourth-order valence-electron chi connectivity index (χ4n) is 2.38. The molecule has 19 heavy (non-hydrogen) atoms. The lowest BCUT2D eigenvalue weighted by Gasteiger charge is -2.13. The minimum Gasteiger partial charge on any atom is -0.331 e. The van der Waals surface area contributed by atoms with Gasteiger partial charge in [0.05, 0.1) is 11.0 Å². The molecule has 0 saturated carbocycles. The molecule has 1 aromatic carbocycles. The summed E-state index contributed by atoms with van der Waals surface area (Å²) in [5.41, 5.74) is 3.68. The topological polar surface area (TPSA) is 20.7 Å². The lowest BCUT2D eigenvalue weighted by atomic mass is 10.1. The number of hydrogen-bond donors (Lipinski definition) is 1. The van der Waals surface area contributed by atoms with Crippen molar-refractivity contribution >= 4 is 57.2 Å². The molecule has 0 aliphatic heterocycles. The Balaban J connectivity index is 2.04. The molecule has 3 aromatic rings. The minimum atomic E-state index is 0.357. The zero-order chi connectivity index (χ0) is 13.4. The van der Waals surface area contributed by atoms with Gasteiger partial charge in [0.15, 0.2) is 4.77 Å². The number of H-pyrrole nitrogens is 1. The van der Waals surface area contributed by atoms with Crippen molar-refractivity contribution in [2.24, 2.45) is 0 Å². The van der Waals surface area contributed by atoms with E-state index in [1.165, 1.54) is 14.7 Å². The van der Waals surface area contributed by atoms with Gasteiger partial charge in [-0.05, 0) is 88.7 Å². The molecule has 98 valence electrons. The SMILES string of the molecule is CC(Cc1ccsc1)n1c(=S)[nH]c2cc(I)ccc21.